The molecule has 2 aromatic rings. The number of carbonyl (C=O) groups is 1. The Morgan fingerprint density at radius 3 is 2.61 bits per heavy atom. The first-order chi connectivity index (χ1) is 13.5. The van der Waals surface area contributed by atoms with Gasteiger partial charge in [-0.1, -0.05) is 17.7 Å². The number of fused-ring (bicyclic) bond motifs is 1. The van der Waals surface area contributed by atoms with Crippen molar-refractivity contribution < 1.29 is 18.7 Å². The van der Waals surface area contributed by atoms with Gasteiger partial charge in [-0.2, -0.15) is 0 Å². The molecule has 0 aliphatic carbocycles. The number of hydrogen-bond donors (Lipinski definition) is 0. The second-order valence-electron chi connectivity index (χ2n) is 7.13. The monoisotopic (exact) mass is 404 g/mol. The third-order valence-electron chi connectivity index (χ3n) is 5.14. The first-order valence-electron chi connectivity index (χ1n) is 9.37. The van der Waals surface area contributed by atoms with Crippen molar-refractivity contribution in [3.8, 4) is 11.5 Å². The molecule has 0 atom stereocenters. The number of halogens is 2. The zero-order valence-electron chi connectivity index (χ0n) is 15.7. The summed E-state index contributed by atoms with van der Waals surface area (Å²) >= 11 is 6.31. The van der Waals surface area contributed by atoms with Crippen LogP contribution in [-0.2, 0) is 6.54 Å². The molecular weight excluding hydrogens is 383 g/mol. The van der Waals surface area contributed by atoms with Crippen LogP contribution in [0, 0.1) is 12.7 Å². The summed E-state index contributed by atoms with van der Waals surface area (Å²) in [4.78, 5) is 16.7. The molecule has 0 bridgehead atoms. The van der Waals surface area contributed by atoms with Crippen LogP contribution >= 0.6 is 11.6 Å². The van der Waals surface area contributed by atoms with Crippen molar-refractivity contribution in [2.75, 3.05) is 39.4 Å². The van der Waals surface area contributed by atoms with Gasteiger partial charge in [0.2, 0.25) is 0 Å². The lowest BCUT2D eigenvalue weighted by atomic mass is 10.1. The zero-order valence-corrected chi connectivity index (χ0v) is 16.5. The van der Waals surface area contributed by atoms with Crippen LogP contribution in [-0.4, -0.2) is 55.1 Å². The topological polar surface area (TPSA) is 42.0 Å². The fourth-order valence-corrected chi connectivity index (χ4v) is 3.82. The molecule has 0 spiro atoms. The second-order valence-corrected chi connectivity index (χ2v) is 7.54. The van der Waals surface area contributed by atoms with E-state index in [9.17, 15) is 9.18 Å². The third-order valence-corrected chi connectivity index (χ3v) is 5.42. The average Bonchev–Trinajstić information content (AvgIpc) is 2.70. The van der Waals surface area contributed by atoms with Gasteiger partial charge < -0.3 is 14.4 Å². The summed E-state index contributed by atoms with van der Waals surface area (Å²) in [6.07, 6.45) is 0. The number of carbonyl (C=O) groups excluding carboxylic acids is 1. The van der Waals surface area contributed by atoms with Crippen molar-refractivity contribution in [1.29, 1.82) is 0 Å². The van der Waals surface area contributed by atoms with Gasteiger partial charge in [0.25, 0.3) is 5.91 Å². The normalized spacial score (nSPS) is 16.9. The van der Waals surface area contributed by atoms with E-state index >= 15 is 0 Å². The van der Waals surface area contributed by atoms with Crippen LogP contribution in [0.15, 0.2) is 30.3 Å². The number of ether oxygens (including phenoxy) is 2. The largest absolute Gasteiger partial charge is 0.486 e. The summed E-state index contributed by atoms with van der Waals surface area (Å²) in [5.74, 6) is 0.822. The number of aryl methyl sites for hydroxylation is 1. The molecule has 7 heteroatoms. The van der Waals surface area contributed by atoms with Crippen molar-refractivity contribution in [2.24, 2.45) is 0 Å². The number of hydrogen-bond acceptors (Lipinski definition) is 4. The number of piperazine rings is 1. The van der Waals surface area contributed by atoms with Gasteiger partial charge in [0.05, 0.1) is 5.02 Å². The van der Waals surface area contributed by atoms with Crippen LogP contribution in [0.5, 0.6) is 11.5 Å². The fraction of sp³-hybridized carbons (Fsp3) is 0.381. The van der Waals surface area contributed by atoms with E-state index in [1.807, 2.05) is 12.1 Å². The summed E-state index contributed by atoms with van der Waals surface area (Å²) in [6, 6.07) is 8.52. The first-order valence-corrected chi connectivity index (χ1v) is 9.75. The van der Waals surface area contributed by atoms with E-state index < -0.39 is 0 Å². The van der Waals surface area contributed by atoms with Gasteiger partial charge in [0.15, 0.2) is 11.5 Å². The lowest BCUT2D eigenvalue weighted by Crippen LogP contribution is -2.48. The van der Waals surface area contributed by atoms with E-state index in [2.05, 4.69) is 4.90 Å². The van der Waals surface area contributed by atoms with Gasteiger partial charge in [-0.15, -0.1) is 0 Å². The molecule has 1 fully saturated rings. The number of rotatable bonds is 3. The molecule has 28 heavy (non-hydrogen) atoms. The molecule has 1 saturated heterocycles. The highest BCUT2D eigenvalue weighted by atomic mass is 35.5. The number of benzene rings is 2. The van der Waals surface area contributed by atoms with Crippen molar-refractivity contribution in [1.82, 2.24) is 9.80 Å². The summed E-state index contributed by atoms with van der Waals surface area (Å²) in [5.41, 5.74) is 1.99. The summed E-state index contributed by atoms with van der Waals surface area (Å²) < 4.78 is 24.9. The average molecular weight is 405 g/mol. The molecule has 5 nitrogen and oxygen atoms in total. The highest BCUT2D eigenvalue weighted by Gasteiger charge is 2.24. The van der Waals surface area contributed by atoms with Crippen LogP contribution in [0.1, 0.15) is 21.5 Å². The van der Waals surface area contributed by atoms with E-state index in [0.29, 0.717) is 54.0 Å². The summed E-state index contributed by atoms with van der Waals surface area (Å²) in [7, 11) is 0. The minimum atomic E-state index is -0.347. The van der Waals surface area contributed by atoms with Gasteiger partial charge in [-0.05, 0) is 42.3 Å². The smallest absolute Gasteiger partial charge is 0.254 e. The second kappa shape index (κ2) is 7.97. The number of amides is 1. The standard InChI is InChI=1S/C21H22ClFN2O3/c1-14-2-3-16(12-18(14)23)21(26)25-6-4-24(5-7-25)13-15-10-17(22)20-19(11-15)27-8-9-28-20/h2-3,10-12H,4-9,13H2,1H3. The van der Waals surface area contributed by atoms with Gasteiger partial charge in [-0.3, -0.25) is 9.69 Å². The van der Waals surface area contributed by atoms with E-state index in [0.717, 1.165) is 25.2 Å². The Morgan fingerprint density at radius 2 is 1.86 bits per heavy atom. The van der Waals surface area contributed by atoms with E-state index in [1.54, 1.807) is 24.0 Å². The Balaban J connectivity index is 1.37. The maximum absolute atomic E-state index is 13.8. The van der Waals surface area contributed by atoms with Gasteiger partial charge >= 0.3 is 0 Å². The molecule has 2 aliphatic heterocycles. The van der Waals surface area contributed by atoms with Crippen molar-refractivity contribution in [2.45, 2.75) is 13.5 Å². The maximum Gasteiger partial charge on any atom is 0.254 e. The molecule has 0 unspecified atom stereocenters. The van der Waals surface area contributed by atoms with Crippen LogP contribution in [0.4, 0.5) is 4.39 Å². The van der Waals surface area contributed by atoms with E-state index in [4.69, 9.17) is 21.1 Å². The molecule has 0 radical (unpaired) electrons. The number of nitrogens with zero attached hydrogens (tertiary/aromatic N) is 2. The van der Waals surface area contributed by atoms with Gasteiger partial charge in [-0.25, -0.2) is 4.39 Å². The molecule has 2 heterocycles. The zero-order chi connectivity index (χ0) is 19.7. The minimum absolute atomic E-state index is 0.124. The van der Waals surface area contributed by atoms with E-state index in [1.165, 1.54) is 6.07 Å². The predicted molar refractivity (Wildman–Crippen MR) is 105 cm³/mol. The predicted octanol–water partition coefficient (Wildman–Crippen LogP) is 3.52. The highest BCUT2D eigenvalue weighted by Crippen LogP contribution is 2.38. The van der Waals surface area contributed by atoms with Gasteiger partial charge in [0.1, 0.15) is 19.0 Å². The molecule has 1 amide bonds. The SMILES string of the molecule is Cc1ccc(C(=O)N2CCN(Cc3cc(Cl)c4c(c3)OCCO4)CC2)cc1F. The van der Waals surface area contributed by atoms with Crippen molar-refractivity contribution in [3.05, 3.63) is 57.9 Å². The molecule has 0 N–H and O–H groups in total. The quantitative estimate of drug-likeness (QED) is 0.785. The minimum Gasteiger partial charge on any atom is -0.486 e. The Labute approximate surface area is 168 Å². The maximum atomic E-state index is 13.8. The molecular formula is C21H22ClFN2O3. The molecule has 148 valence electrons. The Morgan fingerprint density at radius 1 is 1.11 bits per heavy atom. The molecule has 2 aliphatic rings. The Kier molecular flexibility index (Phi) is 5.42. The van der Waals surface area contributed by atoms with E-state index in [-0.39, 0.29) is 11.7 Å². The fourth-order valence-electron chi connectivity index (χ4n) is 3.53. The van der Waals surface area contributed by atoms with Gasteiger partial charge in [0, 0.05) is 38.3 Å². The Hall–Kier alpha value is -2.31. The van der Waals surface area contributed by atoms with Crippen LogP contribution in [0.25, 0.3) is 0 Å². The lowest BCUT2D eigenvalue weighted by molar-refractivity contribution is 0.0628. The summed E-state index contributed by atoms with van der Waals surface area (Å²) in [6.45, 7) is 6.13. The van der Waals surface area contributed by atoms with Crippen molar-refractivity contribution in [3.63, 3.8) is 0 Å². The van der Waals surface area contributed by atoms with Crippen LogP contribution in [0.2, 0.25) is 5.02 Å². The summed E-state index contributed by atoms with van der Waals surface area (Å²) in [5, 5.41) is 0.558. The highest BCUT2D eigenvalue weighted by molar-refractivity contribution is 6.32. The van der Waals surface area contributed by atoms with Crippen molar-refractivity contribution >= 4 is 17.5 Å². The van der Waals surface area contributed by atoms with Crippen LogP contribution in [0.3, 0.4) is 0 Å². The molecule has 4 rings (SSSR count). The first kappa shape index (κ1) is 19.0. The Bertz CT molecular complexity index is 897. The molecule has 2 aromatic carbocycles. The van der Waals surface area contributed by atoms with Crippen LogP contribution < -0.4 is 9.47 Å². The lowest BCUT2D eigenvalue weighted by Gasteiger charge is -2.35. The molecule has 0 aromatic heterocycles. The molecule has 0 saturated carbocycles. The third kappa shape index (κ3) is 3.93.